The first kappa shape index (κ1) is 101. The molecule has 6 unspecified atom stereocenters. The van der Waals surface area contributed by atoms with Gasteiger partial charge in [-0.2, -0.15) is 0 Å². The maximum Gasteiger partial charge on any atom is 0.0756 e. The fourth-order valence-electron chi connectivity index (χ4n) is 19.0. The van der Waals surface area contributed by atoms with Crippen LogP contribution in [0.15, 0.2) is 273 Å². The summed E-state index contributed by atoms with van der Waals surface area (Å²) in [5.41, 5.74) is 26.3. The molecule has 1 saturated heterocycles. The van der Waals surface area contributed by atoms with Crippen LogP contribution in [0.2, 0.25) is 20.1 Å². The summed E-state index contributed by atoms with van der Waals surface area (Å²) in [6.07, 6.45) is 4.41. The van der Waals surface area contributed by atoms with E-state index in [0.717, 1.165) is 125 Å². The first-order chi connectivity index (χ1) is 65.4. The average molecular weight is 1900 g/mol. The summed E-state index contributed by atoms with van der Waals surface area (Å²) in [4.78, 5) is 14.6. The second kappa shape index (κ2) is 51.7. The Morgan fingerprint density at radius 1 is 0.284 bits per heavy atom. The molecule has 12 aromatic carbocycles. The van der Waals surface area contributed by atoms with Crippen LogP contribution in [0.5, 0.6) is 0 Å². The van der Waals surface area contributed by atoms with E-state index < -0.39 is 6.10 Å². The number of aliphatic hydroxyl groups is 12. The number of fused-ring (bicyclic) bond motifs is 3. The topological polar surface area (TPSA) is 275 Å². The molecule has 6 atom stereocenters. The molecule has 20 nitrogen and oxygen atoms in total. The third kappa shape index (κ3) is 27.2. The molecule has 24 heteroatoms. The van der Waals surface area contributed by atoms with E-state index >= 15 is 0 Å². The SMILES string of the molecule is OCCN(CCO)c1ccc(C(c2ccc(Cl)cc2)c2ccc(N3CCOCC3)cc2)cc1.OCCN(CCO)c1ccc(C(c2ccc(Cl)cc2)c2ccc3c(c2)CC(O)CC3)cc1.OCCN(CCO)c1ccc(C(c2ccc(Cl)cc2)c2ccc3c(c2)CC(O)CN3CCO)cc1.OCCN(CCO)c1ccc(C(c2ccc(Cl)cc2)c2ccc3c(c2)CCCN3CCO)cc1. The zero-order valence-electron chi connectivity index (χ0n) is 76.0. The van der Waals surface area contributed by atoms with Gasteiger partial charge in [0, 0.05) is 182 Å². The third-order valence-corrected chi connectivity index (χ3v) is 26.6. The van der Waals surface area contributed by atoms with E-state index in [-0.39, 0.29) is 95.8 Å². The first-order valence-electron chi connectivity index (χ1n) is 46.6. The van der Waals surface area contributed by atoms with Gasteiger partial charge in [-0.25, -0.2) is 0 Å². The van der Waals surface area contributed by atoms with Crippen molar-refractivity contribution in [1.82, 2.24) is 0 Å². The Balaban J connectivity index is 0.000000152. The summed E-state index contributed by atoms with van der Waals surface area (Å²) in [6, 6.07) is 93.8. The van der Waals surface area contributed by atoms with Gasteiger partial charge >= 0.3 is 0 Å². The number of aryl methyl sites for hydroxylation is 2. The molecule has 0 bridgehead atoms. The maximum absolute atomic E-state index is 10.4. The van der Waals surface area contributed by atoms with Crippen molar-refractivity contribution >= 4 is 86.2 Å². The number of rotatable bonds is 37. The number of nitrogens with zero attached hydrogens (tertiary/aromatic N) is 7. The highest BCUT2D eigenvalue weighted by Crippen LogP contribution is 2.43. The number of halogens is 4. The molecule has 0 saturated carbocycles. The molecule has 0 spiro atoms. The minimum Gasteiger partial charge on any atom is -0.395 e. The van der Waals surface area contributed by atoms with Crippen LogP contribution in [-0.2, 0) is 30.4 Å². The summed E-state index contributed by atoms with van der Waals surface area (Å²) in [6.45, 7) is 10.3. The van der Waals surface area contributed by atoms with Crippen molar-refractivity contribution in [3.05, 3.63) is 382 Å². The fourth-order valence-corrected chi connectivity index (χ4v) is 19.5. The number of benzene rings is 12. The number of morpholine rings is 1. The van der Waals surface area contributed by atoms with Crippen molar-refractivity contribution in [3.8, 4) is 0 Å². The monoisotopic (exact) mass is 1890 g/mol. The normalized spacial score (nSPS) is 15.4. The second-order valence-corrected chi connectivity index (χ2v) is 36.0. The Morgan fingerprint density at radius 3 is 0.910 bits per heavy atom. The largest absolute Gasteiger partial charge is 0.395 e. The van der Waals surface area contributed by atoms with Crippen LogP contribution in [-0.4, -0.2) is 244 Å². The van der Waals surface area contributed by atoms with Gasteiger partial charge in [0.2, 0.25) is 0 Å². The predicted octanol–water partition coefficient (Wildman–Crippen LogP) is 15.4. The Kier molecular flexibility index (Phi) is 39.1. The molecule has 1 fully saturated rings. The van der Waals surface area contributed by atoms with Crippen LogP contribution >= 0.6 is 46.4 Å². The van der Waals surface area contributed by atoms with E-state index in [0.29, 0.717) is 99.9 Å². The summed E-state index contributed by atoms with van der Waals surface area (Å²) < 4.78 is 5.48. The predicted molar refractivity (Wildman–Crippen MR) is 544 cm³/mol. The first-order valence-corrected chi connectivity index (χ1v) is 48.1. The van der Waals surface area contributed by atoms with Gasteiger partial charge in [-0.3, -0.25) is 0 Å². The maximum atomic E-state index is 10.4. The summed E-state index contributed by atoms with van der Waals surface area (Å²) in [5, 5.41) is 117. The van der Waals surface area contributed by atoms with Crippen LogP contribution in [0.3, 0.4) is 0 Å². The highest BCUT2D eigenvalue weighted by Gasteiger charge is 2.30. The van der Waals surface area contributed by atoms with E-state index in [9.17, 15) is 61.3 Å². The molecule has 12 aromatic rings. The number of hydrogen-bond acceptors (Lipinski definition) is 20. The zero-order valence-corrected chi connectivity index (χ0v) is 79.0. The van der Waals surface area contributed by atoms with Gasteiger partial charge in [0.1, 0.15) is 0 Å². The second-order valence-electron chi connectivity index (χ2n) is 34.3. The van der Waals surface area contributed by atoms with Gasteiger partial charge in [0.05, 0.1) is 91.5 Å². The molecular formula is C110H127Cl4N7O13. The van der Waals surface area contributed by atoms with Crippen LogP contribution in [0, 0.1) is 0 Å². The van der Waals surface area contributed by atoms with Crippen LogP contribution in [0.1, 0.15) is 126 Å². The highest BCUT2D eigenvalue weighted by atomic mass is 35.5. The molecule has 1 aliphatic carbocycles. The van der Waals surface area contributed by atoms with Crippen molar-refractivity contribution in [3.63, 3.8) is 0 Å². The molecular weight excluding hydrogens is 1770 g/mol. The van der Waals surface area contributed by atoms with Crippen molar-refractivity contribution in [2.75, 3.05) is 205 Å². The molecule has 708 valence electrons. The minimum absolute atomic E-state index is 0.0173. The lowest BCUT2D eigenvalue weighted by molar-refractivity contribution is 0.122. The smallest absolute Gasteiger partial charge is 0.0756 e. The molecule has 16 rings (SSSR count). The highest BCUT2D eigenvalue weighted by molar-refractivity contribution is 6.31. The van der Waals surface area contributed by atoms with Gasteiger partial charge in [-0.1, -0.05) is 198 Å². The Hall–Kier alpha value is -10.1. The van der Waals surface area contributed by atoms with E-state index in [4.69, 9.17) is 51.1 Å². The third-order valence-electron chi connectivity index (χ3n) is 25.6. The number of aliphatic hydroxyl groups excluding tert-OH is 12. The molecule has 4 aliphatic rings. The lowest BCUT2D eigenvalue weighted by Gasteiger charge is -2.34. The average Bonchev–Trinajstić information content (AvgIpc) is 0.843. The van der Waals surface area contributed by atoms with E-state index in [1.807, 2.05) is 109 Å². The van der Waals surface area contributed by atoms with Crippen LogP contribution in [0.25, 0.3) is 0 Å². The number of β-amino-alcohol motifs (C(OH)–C–C–N with tert-alkyl or cyclic N) is 3. The molecule has 3 aliphatic heterocycles. The van der Waals surface area contributed by atoms with E-state index in [1.54, 1.807) is 0 Å². The zero-order chi connectivity index (χ0) is 94.2. The van der Waals surface area contributed by atoms with Crippen molar-refractivity contribution < 1.29 is 66.0 Å². The standard InChI is InChI=1S/C28H33ClN2O4.C28H33ClN2O3.C27H31ClN2O3.C27H30ClNO3/c29-24-6-1-20(2-7-24)28(21-3-8-25(9-4-21)30(11-14-32)12-15-33)22-5-10-27-23(17-22)18-26(35)19-31(27)13-16-34;29-25-8-3-21(4-9-25)28(22-5-10-26(11-6-22)30(14-17-32)15-18-33)24-7-12-27-23(20-24)2-1-13-31(27)16-19-34;28-24-7-1-21(2-8-24)27(22-3-9-25(10-4-22)29(13-17-31)14-18-32)23-5-11-26(12-6-23)30-15-19-33-20-16-30;28-24-8-3-20(4-9-24)27(22-2-1-19-7-12-26(32)18-23(19)17-22)21-5-10-25(11-6-21)29(13-15-30)14-16-31/h1-10,17,26,28,32-35H,11-16,18-19H2;3-12,20,28,32-34H,1-2,13-19H2;1-12,27,31-32H,13-20H2;1-6,8-11,17,26-27,30-32H,7,12-16,18H2. The number of ether oxygens (including phenoxy) is 1. The van der Waals surface area contributed by atoms with Gasteiger partial charge in [0.15, 0.2) is 0 Å². The van der Waals surface area contributed by atoms with Crippen molar-refractivity contribution in [2.24, 2.45) is 0 Å². The van der Waals surface area contributed by atoms with Gasteiger partial charge in [-0.15, -0.1) is 0 Å². The molecule has 0 aromatic heterocycles. The lowest BCUT2D eigenvalue weighted by atomic mass is 9.81. The van der Waals surface area contributed by atoms with E-state index in [1.165, 1.54) is 67.0 Å². The van der Waals surface area contributed by atoms with Crippen molar-refractivity contribution in [2.45, 2.75) is 74.4 Å². The Bertz CT molecular complexity index is 5500. The van der Waals surface area contributed by atoms with Crippen molar-refractivity contribution in [1.29, 1.82) is 0 Å². The molecule has 12 N–H and O–H groups in total. The fraction of sp³-hybridized carbons (Fsp3) is 0.345. The summed E-state index contributed by atoms with van der Waals surface area (Å²) >= 11 is 24.7. The molecule has 3 heterocycles. The molecule has 0 amide bonds. The van der Waals surface area contributed by atoms with Gasteiger partial charge in [0.25, 0.3) is 0 Å². The molecule has 0 radical (unpaired) electrons. The minimum atomic E-state index is -0.471. The van der Waals surface area contributed by atoms with Crippen LogP contribution < -0.4 is 34.3 Å². The molecule has 134 heavy (non-hydrogen) atoms. The lowest BCUT2D eigenvalue weighted by Crippen LogP contribution is -2.40. The Labute approximate surface area is 808 Å². The number of anilines is 7. The Morgan fingerprint density at radius 2 is 0.567 bits per heavy atom. The quantitative estimate of drug-likeness (QED) is 0.0161. The number of hydrogen-bond donors (Lipinski definition) is 12. The summed E-state index contributed by atoms with van der Waals surface area (Å²) in [7, 11) is 0. The van der Waals surface area contributed by atoms with Crippen LogP contribution in [0.4, 0.5) is 39.8 Å². The summed E-state index contributed by atoms with van der Waals surface area (Å²) in [5.74, 6) is 0.115. The van der Waals surface area contributed by atoms with Gasteiger partial charge < -0.3 is 100 Å². The van der Waals surface area contributed by atoms with Gasteiger partial charge in [-0.05, 0) is 242 Å². The van der Waals surface area contributed by atoms with E-state index in [2.05, 4.69) is 198 Å².